The Kier molecular flexibility index (Phi) is 3.01. The fourth-order valence-corrected chi connectivity index (χ4v) is 1.63. The number of nitrogens with zero attached hydrogens (tertiary/aromatic N) is 2. The van der Waals surface area contributed by atoms with E-state index in [-0.39, 0.29) is 11.9 Å². The second-order valence-corrected chi connectivity index (χ2v) is 3.86. The molecule has 3 nitrogen and oxygen atoms in total. The quantitative estimate of drug-likeness (QED) is 0.859. The van der Waals surface area contributed by atoms with Gasteiger partial charge in [-0.3, -0.25) is 0 Å². The van der Waals surface area contributed by atoms with Gasteiger partial charge in [-0.25, -0.2) is 9.37 Å². The highest BCUT2D eigenvalue weighted by Crippen LogP contribution is 2.12. The standard InChI is InChI=1S/C12H14FN3/c1-9(14)12-6-15-8-16(12)7-10-2-4-11(13)5-3-10/h2-6,8-9H,7,14H2,1H3/t9-/m1/s1. The van der Waals surface area contributed by atoms with E-state index < -0.39 is 0 Å². The lowest BCUT2D eigenvalue weighted by Crippen LogP contribution is -2.12. The Hall–Kier alpha value is -1.68. The first-order chi connectivity index (χ1) is 7.66. The zero-order valence-electron chi connectivity index (χ0n) is 9.10. The predicted octanol–water partition coefficient (Wildman–Crippen LogP) is 2.09. The van der Waals surface area contributed by atoms with Gasteiger partial charge in [-0.05, 0) is 24.6 Å². The van der Waals surface area contributed by atoms with E-state index in [1.54, 1.807) is 24.7 Å². The van der Waals surface area contributed by atoms with Crippen molar-refractivity contribution in [1.82, 2.24) is 9.55 Å². The molecule has 1 aromatic heterocycles. The monoisotopic (exact) mass is 219 g/mol. The molecule has 1 aromatic carbocycles. The van der Waals surface area contributed by atoms with Crippen molar-refractivity contribution in [2.75, 3.05) is 0 Å². The summed E-state index contributed by atoms with van der Waals surface area (Å²) < 4.78 is 14.7. The Labute approximate surface area is 93.7 Å². The highest BCUT2D eigenvalue weighted by atomic mass is 19.1. The first-order valence-electron chi connectivity index (χ1n) is 5.17. The third kappa shape index (κ3) is 2.28. The minimum absolute atomic E-state index is 0.0528. The van der Waals surface area contributed by atoms with Crippen molar-refractivity contribution in [3.63, 3.8) is 0 Å². The first-order valence-corrected chi connectivity index (χ1v) is 5.17. The zero-order valence-corrected chi connectivity index (χ0v) is 9.10. The summed E-state index contributed by atoms with van der Waals surface area (Å²) in [5.41, 5.74) is 7.82. The number of imidazole rings is 1. The van der Waals surface area contributed by atoms with Gasteiger partial charge in [0.05, 0.1) is 12.0 Å². The molecule has 1 atom stereocenters. The molecular formula is C12H14FN3. The largest absolute Gasteiger partial charge is 0.329 e. The highest BCUT2D eigenvalue weighted by Gasteiger charge is 2.06. The molecule has 2 N–H and O–H groups in total. The molecule has 0 radical (unpaired) electrons. The van der Waals surface area contributed by atoms with Crippen LogP contribution in [0.2, 0.25) is 0 Å². The van der Waals surface area contributed by atoms with E-state index in [9.17, 15) is 4.39 Å². The Morgan fingerprint density at radius 3 is 2.69 bits per heavy atom. The Bertz CT molecular complexity index is 459. The van der Waals surface area contributed by atoms with E-state index in [0.29, 0.717) is 6.54 Å². The maximum Gasteiger partial charge on any atom is 0.123 e. The molecule has 0 unspecified atom stereocenters. The van der Waals surface area contributed by atoms with Crippen LogP contribution in [0.1, 0.15) is 24.2 Å². The molecule has 16 heavy (non-hydrogen) atoms. The highest BCUT2D eigenvalue weighted by molar-refractivity contribution is 5.17. The summed E-state index contributed by atoms with van der Waals surface area (Å²) >= 11 is 0. The van der Waals surface area contributed by atoms with E-state index in [0.717, 1.165) is 11.3 Å². The molecule has 0 saturated carbocycles. The smallest absolute Gasteiger partial charge is 0.123 e. The van der Waals surface area contributed by atoms with Crippen LogP contribution in [0, 0.1) is 5.82 Å². The normalized spacial score (nSPS) is 12.7. The van der Waals surface area contributed by atoms with E-state index in [4.69, 9.17) is 5.73 Å². The number of hydrogen-bond acceptors (Lipinski definition) is 2. The zero-order chi connectivity index (χ0) is 11.5. The van der Waals surface area contributed by atoms with Crippen molar-refractivity contribution in [3.8, 4) is 0 Å². The van der Waals surface area contributed by atoms with Crippen molar-refractivity contribution in [1.29, 1.82) is 0 Å². The summed E-state index contributed by atoms with van der Waals surface area (Å²) in [5, 5.41) is 0. The van der Waals surface area contributed by atoms with E-state index in [2.05, 4.69) is 4.98 Å². The minimum atomic E-state index is -0.221. The molecule has 0 aliphatic rings. The van der Waals surface area contributed by atoms with Gasteiger partial charge in [0.1, 0.15) is 5.82 Å². The minimum Gasteiger partial charge on any atom is -0.329 e. The van der Waals surface area contributed by atoms with Gasteiger partial charge in [-0.2, -0.15) is 0 Å². The van der Waals surface area contributed by atoms with Crippen LogP contribution in [-0.4, -0.2) is 9.55 Å². The summed E-state index contributed by atoms with van der Waals surface area (Å²) in [7, 11) is 0. The van der Waals surface area contributed by atoms with Crippen LogP contribution in [0.4, 0.5) is 4.39 Å². The summed E-state index contributed by atoms with van der Waals surface area (Å²) in [6, 6.07) is 6.39. The first kappa shape index (κ1) is 10.8. The molecule has 0 bridgehead atoms. The molecule has 4 heteroatoms. The van der Waals surface area contributed by atoms with Crippen molar-refractivity contribution in [3.05, 3.63) is 53.9 Å². The van der Waals surface area contributed by atoms with Gasteiger partial charge in [0.25, 0.3) is 0 Å². The molecule has 0 saturated heterocycles. The lowest BCUT2D eigenvalue weighted by atomic mass is 10.2. The van der Waals surface area contributed by atoms with Crippen molar-refractivity contribution in [2.45, 2.75) is 19.5 Å². The Morgan fingerprint density at radius 1 is 1.38 bits per heavy atom. The van der Waals surface area contributed by atoms with E-state index in [1.165, 1.54) is 12.1 Å². The third-order valence-corrected chi connectivity index (χ3v) is 2.48. The number of benzene rings is 1. The number of hydrogen-bond donors (Lipinski definition) is 1. The van der Waals surface area contributed by atoms with Crippen molar-refractivity contribution < 1.29 is 4.39 Å². The predicted molar refractivity (Wildman–Crippen MR) is 60.3 cm³/mol. The number of halogens is 1. The average Bonchev–Trinajstić information content (AvgIpc) is 2.69. The van der Waals surface area contributed by atoms with Crippen LogP contribution < -0.4 is 5.73 Å². The van der Waals surface area contributed by atoms with Crippen LogP contribution in [0.3, 0.4) is 0 Å². The van der Waals surface area contributed by atoms with Gasteiger partial charge < -0.3 is 10.3 Å². The summed E-state index contributed by atoms with van der Waals surface area (Å²) in [4.78, 5) is 4.07. The van der Waals surface area contributed by atoms with Gasteiger partial charge in [0.15, 0.2) is 0 Å². The van der Waals surface area contributed by atoms with E-state index >= 15 is 0 Å². The number of rotatable bonds is 3. The Morgan fingerprint density at radius 2 is 2.06 bits per heavy atom. The summed E-state index contributed by atoms with van der Waals surface area (Å²) in [6.45, 7) is 2.58. The summed E-state index contributed by atoms with van der Waals surface area (Å²) in [5.74, 6) is -0.221. The maximum atomic E-state index is 12.7. The molecule has 2 rings (SSSR count). The van der Waals surface area contributed by atoms with Gasteiger partial charge in [0, 0.05) is 18.8 Å². The van der Waals surface area contributed by atoms with Crippen LogP contribution >= 0.6 is 0 Å². The molecule has 0 spiro atoms. The average molecular weight is 219 g/mol. The summed E-state index contributed by atoms with van der Waals surface area (Å²) in [6.07, 6.45) is 3.50. The van der Waals surface area contributed by atoms with Crippen LogP contribution in [0.5, 0.6) is 0 Å². The Balaban J connectivity index is 2.20. The van der Waals surface area contributed by atoms with E-state index in [1.807, 2.05) is 11.5 Å². The topological polar surface area (TPSA) is 43.8 Å². The second-order valence-electron chi connectivity index (χ2n) is 3.86. The van der Waals surface area contributed by atoms with Crippen molar-refractivity contribution in [2.24, 2.45) is 5.73 Å². The lowest BCUT2D eigenvalue weighted by Gasteiger charge is -2.10. The van der Waals surface area contributed by atoms with Crippen LogP contribution in [0.15, 0.2) is 36.8 Å². The van der Waals surface area contributed by atoms with Gasteiger partial charge in [0.2, 0.25) is 0 Å². The van der Waals surface area contributed by atoms with Crippen molar-refractivity contribution >= 4 is 0 Å². The van der Waals surface area contributed by atoms with Gasteiger partial charge in [-0.1, -0.05) is 12.1 Å². The second kappa shape index (κ2) is 4.45. The fourth-order valence-electron chi connectivity index (χ4n) is 1.63. The lowest BCUT2D eigenvalue weighted by molar-refractivity contribution is 0.625. The molecule has 0 aliphatic carbocycles. The third-order valence-electron chi connectivity index (χ3n) is 2.48. The van der Waals surface area contributed by atoms with Gasteiger partial charge in [-0.15, -0.1) is 0 Å². The molecular weight excluding hydrogens is 205 g/mol. The number of nitrogens with two attached hydrogens (primary N) is 1. The molecule has 0 aliphatic heterocycles. The number of aromatic nitrogens is 2. The SMILES string of the molecule is C[C@@H](N)c1cncn1Cc1ccc(F)cc1. The maximum absolute atomic E-state index is 12.7. The van der Waals surface area contributed by atoms with Crippen LogP contribution in [0.25, 0.3) is 0 Å². The fraction of sp³-hybridized carbons (Fsp3) is 0.250. The van der Waals surface area contributed by atoms with Crippen LogP contribution in [-0.2, 0) is 6.54 Å². The molecule has 2 aromatic rings. The van der Waals surface area contributed by atoms with Gasteiger partial charge >= 0.3 is 0 Å². The molecule has 0 amide bonds. The molecule has 0 fully saturated rings. The molecule has 1 heterocycles. The molecule has 84 valence electrons.